The first-order valence-electron chi connectivity index (χ1n) is 8.22. The summed E-state index contributed by atoms with van der Waals surface area (Å²) in [5, 5.41) is 8.46. The van der Waals surface area contributed by atoms with Gasteiger partial charge in [0.1, 0.15) is 0 Å². The monoisotopic (exact) mass is 373 g/mol. The zero-order chi connectivity index (χ0) is 18.9. The number of rotatable bonds is 7. The van der Waals surface area contributed by atoms with Crippen molar-refractivity contribution in [1.82, 2.24) is 10.6 Å². The molecule has 6 nitrogen and oxygen atoms in total. The first kappa shape index (κ1) is 19.5. The molecule has 136 valence electrons. The summed E-state index contributed by atoms with van der Waals surface area (Å²) in [6, 6.07) is 13.0. The summed E-state index contributed by atoms with van der Waals surface area (Å²) in [7, 11) is 0. The van der Waals surface area contributed by atoms with E-state index in [1.807, 2.05) is 6.92 Å². The minimum Gasteiger partial charge on any atom is -0.355 e. The van der Waals surface area contributed by atoms with E-state index in [9.17, 15) is 14.4 Å². The highest BCUT2D eigenvalue weighted by Crippen LogP contribution is 2.17. The van der Waals surface area contributed by atoms with Gasteiger partial charge in [0.2, 0.25) is 5.91 Å². The number of carbonyl (C=O) groups is 3. The Kier molecular flexibility index (Phi) is 7.17. The quantitative estimate of drug-likeness (QED) is 0.697. The maximum atomic E-state index is 12.3. The maximum Gasteiger partial charge on any atom is 0.255 e. The van der Waals surface area contributed by atoms with Crippen LogP contribution in [-0.4, -0.2) is 30.8 Å². The van der Waals surface area contributed by atoms with E-state index in [0.29, 0.717) is 22.8 Å². The summed E-state index contributed by atoms with van der Waals surface area (Å²) < 4.78 is 0. The van der Waals surface area contributed by atoms with Crippen molar-refractivity contribution in [2.24, 2.45) is 0 Å². The Morgan fingerprint density at radius 3 is 2.31 bits per heavy atom. The largest absolute Gasteiger partial charge is 0.355 e. The van der Waals surface area contributed by atoms with E-state index in [0.717, 1.165) is 6.42 Å². The Bertz CT molecular complexity index is 791. The van der Waals surface area contributed by atoms with E-state index in [-0.39, 0.29) is 23.9 Å². The predicted octanol–water partition coefficient (Wildman–Crippen LogP) is 2.85. The molecule has 0 saturated carbocycles. The molecule has 0 aliphatic heterocycles. The molecular formula is C19H20ClN3O3. The van der Waals surface area contributed by atoms with Crippen molar-refractivity contribution in [3.63, 3.8) is 0 Å². The van der Waals surface area contributed by atoms with Gasteiger partial charge in [-0.1, -0.05) is 30.7 Å². The molecular weight excluding hydrogens is 354 g/mol. The van der Waals surface area contributed by atoms with Crippen molar-refractivity contribution in [1.29, 1.82) is 0 Å². The molecule has 2 aromatic rings. The molecule has 0 atom stereocenters. The van der Waals surface area contributed by atoms with Crippen LogP contribution in [0.3, 0.4) is 0 Å². The lowest BCUT2D eigenvalue weighted by molar-refractivity contribution is -0.120. The van der Waals surface area contributed by atoms with Gasteiger partial charge in [0.05, 0.1) is 17.8 Å². The molecule has 0 saturated heterocycles. The van der Waals surface area contributed by atoms with Crippen LogP contribution in [0.15, 0.2) is 48.5 Å². The van der Waals surface area contributed by atoms with Gasteiger partial charge in [-0.25, -0.2) is 0 Å². The number of amides is 3. The molecule has 0 aliphatic carbocycles. The lowest BCUT2D eigenvalue weighted by Crippen LogP contribution is -2.37. The summed E-state index contributed by atoms with van der Waals surface area (Å²) in [5.41, 5.74) is 1.06. The zero-order valence-electron chi connectivity index (χ0n) is 14.3. The highest BCUT2D eigenvalue weighted by molar-refractivity contribution is 6.30. The van der Waals surface area contributed by atoms with Crippen LogP contribution in [0.4, 0.5) is 5.69 Å². The van der Waals surface area contributed by atoms with Gasteiger partial charge in [0, 0.05) is 17.1 Å². The molecule has 0 heterocycles. The molecule has 26 heavy (non-hydrogen) atoms. The SMILES string of the molecule is CCCNC(=O)CNC(=O)c1ccccc1NC(=O)c1ccc(Cl)cc1. The molecule has 3 amide bonds. The predicted molar refractivity (Wildman–Crippen MR) is 101 cm³/mol. The summed E-state index contributed by atoms with van der Waals surface area (Å²) in [6.45, 7) is 2.37. The van der Waals surface area contributed by atoms with Crippen molar-refractivity contribution in [3.05, 3.63) is 64.7 Å². The number of benzene rings is 2. The highest BCUT2D eigenvalue weighted by atomic mass is 35.5. The summed E-state index contributed by atoms with van der Waals surface area (Å²) in [6.07, 6.45) is 0.819. The van der Waals surface area contributed by atoms with Gasteiger partial charge < -0.3 is 16.0 Å². The number of nitrogens with one attached hydrogen (secondary N) is 3. The number of halogens is 1. The molecule has 0 aromatic heterocycles. The lowest BCUT2D eigenvalue weighted by atomic mass is 10.1. The minimum atomic E-state index is -0.441. The summed E-state index contributed by atoms with van der Waals surface area (Å²) in [5.74, 6) is -1.06. The fourth-order valence-electron chi connectivity index (χ4n) is 2.17. The molecule has 0 spiro atoms. The Balaban J connectivity index is 2.04. The van der Waals surface area contributed by atoms with Crippen LogP contribution in [0.25, 0.3) is 0 Å². The average Bonchev–Trinajstić information content (AvgIpc) is 2.65. The number of anilines is 1. The Morgan fingerprint density at radius 2 is 1.62 bits per heavy atom. The molecule has 0 bridgehead atoms. The van der Waals surface area contributed by atoms with Crippen LogP contribution in [-0.2, 0) is 4.79 Å². The van der Waals surface area contributed by atoms with E-state index in [2.05, 4.69) is 16.0 Å². The number of hydrogen-bond acceptors (Lipinski definition) is 3. The number of carbonyl (C=O) groups excluding carboxylic acids is 3. The molecule has 7 heteroatoms. The Hall–Kier alpha value is -2.86. The van der Waals surface area contributed by atoms with Crippen LogP contribution in [0, 0.1) is 0 Å². The van der Waals surface area contributed by atoms with E-state index in [4.69, 9.17) is 11.6 Å². The van der Waals surface area contributed by atoms with Gasteiger partial charge >= 0.3 is 0 Å². The maximum absolute atomic E-state index is 12.3. The molecule has 0 fully saturated rings. The van der Waals surface area contributed by atoms with Gasteiger partial charge in [-0.05, 0) is 42.8 Å². The molecule has 0 unspecified atom stereocenters. The number of hydrogen-bond donors (Lipinski definition) is 3. The van der Waals surface area contributed by atoms with E-state index < -0.39 is 5.91 Å². The molecule has 3 N–H and O–H groups in total. The van der Waals surface area contributed by atoms with Crippen molar-refractivity contribution in [2.45, 2.75) is 13.3 Å². The first-order valence-corrected chi connectivity index (χ1v) is 8.60. The first-order chi connectivity index (χ1) is 12.5. The van der Waals surface area contributed by atoms with E-state index in [1.165, 1.54) is 0 Å². The molecule has 0 radical (unpaired) electrons. The second-order valence-electron chi connectivity index (χ2n) is 5.54. The van der Waals surface area contributed by atoms with Crippen molar-refractivity contribution in [2.75, 3.05) is 18.4 Å². The van der Waals surface area contributed by atoms with E-state index in [1.54, 1.807) is 48.5 Å². The third-order valence-electron chi connectivity index (χ3n) is 3.51. The van der Waals surface area contributed by atoms with Gasteiger partial charge in [0.25, 0.3) is 11.8 Å². The molecule has 0 aliphatic rings. The lowest BCUT2D eigenvalue weighted by Gasteiger charge is -2.11. The fourth-order valence-corrected chi connectivity index (χ4v) is 2.29. The molecule has 2 rings (SSSR count). The van der Waals surface area contributed by atoms with Gasteiger partial charge in [-0.15, -0.1) is 0 Å². The third-order valence-corrected chi connectivity index (χ3v) is 3.76. The average molecular weight is 374 g/mol. The van der Waals surface area contributed by atoms with Crippen molar-refractivity contribution >= 4 is 35.0 Å². The van der Waals surface area contributed by atoms with Crippen LogP contribution in [0.5, 0.6) is 0 Å². The van der Waals surface area contributed by atoms with Gasteiger partial charge in [-0.3, -0.25) is 14.4 Å². The fraction of sp³-hybridized carbons (Fsp3) is 0.211. The Labute approximate surface area is 156 Å². The number of para-hydroxylation sites is 1. The van der Waals surface area contributed by atoms with Crippen LogP contribution < -0.4 is 16.0 Å². The van der Waals surface area contributed by atoms with Gasteiger partial charge in [0.15, 0.2) is 0 Å². The normalized spacial score (nSPS) is 10.1. The molecule has 2 aromatic carbocycles. The summed E-state index contributed by atoms with van der Waals surface area (Å²) in [4.78, 5) is 36.3. The minimum absolute atomic E-state index is 0.127. The van der Waals surface area contributed by atoms with Crippen LogP contribution in [0.1, 0.15) is 34.1 Å². The Morgan fingerprint density at radius 1 is 0.923 bits per heavy atom. The van der Waals surface area contributed by atoms with Crippen LogP contribution >= 0.6 is 11.6 Å². The topological polar surface area (TPSA) is 87.3 Å². The van der Waals surface area contributed by atoms with Crippen LogP contribution in [0.2, 0.25) is 5.02 Å². The zero-order valence-corrected chi connectivity index (χ0v) is 15.1. The van der Waals surface area contributed by atoms with Crippen molar-refractivity contribution in [3.8, 4) is 0 Å². The standard InChI is InChI=1S/C19H20ClN3O3/c1-2-11-21-17(24)12-22-19(26)15-5-3-4-6-16(15)23-18(25)13-7-9-14(20)10-8-13/h3-10H,2,11-12H2,1H3,(H,21,24)(H,22,26)(H,23,25). The van der Waals surface area contributed by atoms with Crippen molar-refractivity contribution < 1.29 is 14.4 Å². The smallest absolute Gasteiger partial charge is 0.255 e. The van der Waals surface area contributed by atoms with Gasteiger partial charge in [-0.2, -0.15) is 0 Å². The second-order valence-corrected chi connectivity index (χ2v) is 5.98. The second kappa shape index (κ2) is 9.58. The third kappa shape index (κ3) is 5.60. The highest BCUT2D eigenvalue weighted by Gasteiger charge is 2.14. The summed E-state index contributed by atoms with van der Waals surface area (Å²) >= 11 is 5.82. The van der Waals surface area contributed by atoms with E-state index >= 15 is 0 Å².